The van der Waals surface area contributed by atoms with E-state index in [1.807, 2.05) is 11.8 Å². The van der Waals surface area contributed by atoms with Gasteiger partial charge in [0.05, 0.1) is 11.5 Å². The predicted octanol–water partition coefficient (Wildman–Crippen LogP) is 3.55. The number of hydrogen-bond acceptors (Lipinski definition) is 5. The van der Waals surface area contributed by atoms with Gasteiger partial charge >= 0.3 is 0 Å². The van der Waals surface area contributed by atoms with Crippen molar-refractivity contribution in [3.05, 3.63) is 46.2 Å². The zero-order valence-corrected chi connectivity index (χ0v) is 15.6. The van der Waals surface area contributed by atoms with E-state index in [4.69, 9.17) is 4.74 Å². The van der Waals surface area contributed by atoms with Crippen LogP contribution in [0.25, 0.3) is 0 Å². The highest BCUT2D eigenvalue weighted by Gasteiger charge is 2.29. The van der Waals surface area contributed by atoms with E-state index in [2.05, 4.69) is 17.5 Å². The van der Waals surface area contributed by atoms with E-state index in [1.165, 1.54) is 4.88 Å². The van der Waals surface area contributed by atoms with E-state index in [-0.39, 0.29) is 0 Å². The van der Waals surface area contributed by atoms with Crippen LogP contribution in [0, 0.1) is 0 Å². The Labute approximate surface area is 150 Å². The highest BCUT2D eigenvalue weighted by atomic mass is 32.2. The van der Waals surface area contributed by atoms with Gasteiger partial charge in [-0.1, -0.05) is 6.07 Å². The van der Waals surface area contributed by atoms with Crippen LogP contribution in [0.4, 0.5) is 0 Å². The first-order valence-corrected chi connectivity index (χ1v) is 11.4. The number of benzene rings is 1. The molecule has 24 heavy (non-hydrogen) atoms. The molecule has 1 fully saturated rings. The van der Waals surface area contributed by atoms with E-state index in [0.29, 0.717) is 29.8 Å². The van der Waals surface area contributed by atoms with Crippen molar-refractivity contribution in [2.75, 3.05) is 25.4 Å². The van der Waals surface area contributed by atoms with Crippen LogP contribution in [-0.2, 0) is 16.4 Å². The Morgan fingerprint density at radius 2 is 2.12 bits per heavy atom. The molecule has 0 N–H and O–H groups in total. The third kappa shape index (κ3) is 3.10. The van der Waals surface area contributed by atoms with Gasteiger partial charge in [0.15, 0.2) is 0 Å². The maximum absolute atomic E-state index is 13.0. The molecule has 2 aromatic rings. The van der Waals surface area contributed by atoms with Crippen molar-refractivity contribution in [2.45, 2.75) is 23.0 Å². The van der Waals surface area contributed by atoms with Crippen molar-refractivity contribution in [3.8, 4) is 5.75 Å². The molecule has 1 aromatic heterocycles. The summed E-state index contributed by atoms with van der Waals surface area (Å²) < 4.78 is 33.1. The van der Waals surface area contributed by atoms with Gasteiger partial charge in [0.1, 0.15) is 5.75 Å². The van der Waals surface area contributed by atoms with Crippen LogP contribution in [0.1, 0.15) is 22.1 Å². The molecule has 0 amide bonds. The van der Waals surface area contributed by atoms with Gasteiger partial charge in [0.25, 0.3) is 0 Å². The summed E-state index contributed by atoms with van der Waals surface area (Å²) in [4.78, 5) is 1.74. The zero-order chi connectivity index (χ0) is 16.6. The van der Waals surface area contributed by atoms with Gasteiger partial charge in [-0.15, -0.1) is 11.3 Å². The second-order valence-electron chi connectivity index (χ2n) is 5.94. The number of ether oxygens (including phenoxy) is 1. The van der Waals surface area contributed by atoms with Crippen molar-refractivity contribution in [1.29, 1.82) is 0 Å². The molecular weight excluding hydrogens is 362 g/mol. The van der Waals surface area contributed by atoms with Gasteiger partial charge in [0, 0.05) is 35.4 Å². The van der Waals surface area contributed by atoms with Crippen molar-refractivity contribution in [1.82, 2.24) is 4.31 Å². The highest BCUT2D eigenvalue weighted by molar-refractivity contribution is 7.99. The molecule has 0 spiro atoms. The molecule has 3 heterocycles. The molecule has 4 rings (SSSR count). The number of thioether (sulfide) groups is 1. The minimum atomic E-state index is -3.43. The van der Waals surface area contributed by atoms with E-state index in [0.717, 1.165) is 29.9 Å². The van der Waals surface area contributed by atoms with Crippen LogP contribution in [-0.4, -0.2) is 38.2 Å². The van der Waals surface area contributed by atoms with Gasteiger partial charge < -0.3 is 4.74 Å². The SMILES string of the molecule is O=S(=O)(c1ccc2c(c1)CCO2)N1CCS[C@H](c2cccs2)CC1. The summed E-state index contributed by atoms with van der Waals surface area (Å²) in [7, 11) is -3.43. The molecule has 1 aromatic carbocycles. The van der Waals surface area contributed by atoms with E-state index < -0.39 is 10.0 Å². The van der Waals surface area contributed by atoms with Crippen molar-refractivity contribution in [2.24, 2.45) is 0 Å². The Morgan fingerprint density at radius 3 is 2.96 bits per heavy atom. The summed E-state index contributed by atoms with van der Waals surface area (Å²) in [6, 6.07) is 9.45. The average Bonchev–Trinajstić information content (AvgIpc) is 3.21. The first kappa shape index (κ1) is 16.4. The van der Waals surface area contributed by atoms with Crippen LogP contribution in [0.3, 0.4) is 0 Å². The van der Waals surface area contributed by atoms with Gasteiger partial charge in [-0.05, 0) is 41.6 Å². The quantitative estimate of drug-likeness (QED) is 0.816. The van der Waals surface area contributed by atoms with Gasteiger partial charge in [-0.25, -0.2) is 8.42 Å². The maximum atomic E-state index is 13.0. The number of fused-ring (bicyclic) bond motifs is 1. The van der Waals surface area contributed by atoms with Crippen molar-refractivity contribution >= 4 is 33.1 Å². The fraction of sp³-hybridized carbons (Fsp3) is 0.412. The molecule has 4 nitrogen and oxygen atoms in total. The fourth-order valence-corrected chi connectivity index (χ4v) is 7.02. The molecule has 0 radical (unpaired) electrons. The summed E-state index contributed by atoms with van der Waals surface area (Å²) in [5, 5.41) is 2.49. The summed E-state index contributed by atoms with van der Waals surface area (Å²) >= 11 is 3.62. The monoisotopic (exact) mass is 381 g/mol. The minimum absolute atomic E-state index is 0.395. The molecular formula is C17H19NO3S3. The number of rotatable bonds is 3. The third-order valence-corrected chi connectivity index (χ3v) is 8.80. The molecule has 0 saturated carbocycles. The van der Waals surface area contributed by atoms with Gasteiger partial charge in [-0.3, -0.25) is 0 Å². The Kier molecular flexibility index (Phi) is 4.60. The smallest absolute Gasteiger partial charge is 0.243 e. The van der Waals surface area contributed by atoms with Crippen LogP contribution in [0.5, 0.6) is 5.75 Å². The largest absolute Gasteiger partial charge is 0.493 e. The molecule has 7 heteroatoms. The third-order valence-electron chi connectivity index (χ3n) is 4.46. The average molecular weight is 382 g/mol. The summed E-state index contributed by atoms with van der Waals surface area (Å²) in [6.07, 6.45) is 1.65. The first-order valence-electron chi connectivity index (χ1n) is 8.05. The maximum Gasteiger partial charge on any atom is 0.243 e. The van der Waals surface area contributed by atoms with Gasteiger partial charge in [-0.2, -0.15) is 16.1 Å². The van der Waals surface area contributed by atoms with Crippen LogP contribution in [0.15, 0.2) is 40.6 Å². The number of nitrogens with zero attached hydrogens (tertiary/aromatic N) is 1. The highest BCUT2D eigenvalue weighted by Crippen LogP contribution is 2.38. The van der Waals surface area contributed by atoms with Gasteiger partial charge in [0.2, 0.25) is 10.0 Å². The molecule has 0 bridgehead atoms. The van der Waals surface area contributed by atoms with E-state index in [9.17, 15) is 8.42 Å². The standard InChI is InChI=1S/C17H19NO3S3/c19-24(20,14-3-4-15-13(12-14)6-9-21-15)18-7-5-17(23-11-8-18)16-2-1-10-22-16/h1-4,10,12,17H,5-9,11H2/t17-/m0/s1. The van der Waals surface area contributed by atoms with Crippen LogP contribution < -0.4 is 4.74 Å². The summed E-state index contributed by atoms with van der Waals surface area (Å²) in [6.45, 7) is 1.79. The molecule has 1 saturated heterocycles. The molecule has 2 aliphatic heterocycles. The lowest BCUT2D eigenvalue weighted by Crippen LogP contribution is -2.33. The lowest BCUT2D eigenvalue weighted by molar-refractivity contribution is 0.356. The minimum Gasteiger partial charge on any atom is -0.493 e. The lowest BCUT2D eigenvalue weighted by atomic mass is 10.2. The Balaban J connectivity index is 1.54. The zero-order valence-electron chi connectivity index (χ0n) is 13.2. The molecule has 128 valence electrons. The van der Waals surface area contributed by atoms with Crippen LogP contribution in [0.2, 0.25) is 0 Å². The summed E-state index contributed by atoms with van der Waals surface area (Å²) in [5.41, 5.74) is 0.997. The molecule has 1 atom stereocenters. The normalized spacial score (nSPS) is 21.9. The molecule has 0 unspecified atom stereocenters. The second-order valence-corrected chi connectivity index (χ2v) is 10.2. The van der Waals surface area contributed by atoms with Crippen molar-refractivity contribution in [3.63, 3.8) is 0 Å². The Morgan fingerprint density at radius 1 is 1.21 bits per heavy atom. The number of thiophene rings is 1. The van der Waals surface area contributed by atoms with E-state index >= 15 is 0 Å². The summed E-state index contributed by atoms with van der Waals surface area (Å²) in [5.74, 6) is 1.65. The van der Waals surface area contributed by atoms with Crippen molar-refractivity contribution < 1.29 is 13.2 Å². The number of sulfonamides is 1. The lowest BCUT2D eigenvalue weighted by Gasteiger charge is -2.20. The molecule has 0 aliphatic carbocycles. The van der Waals surface area contributed by atoms with E-state index in [1.54, 1.807) is 33.8 Å². The fourth-order valence-electron chi connectivity index (χ4n) is 3.16. The Bertz CT molecular complexity index is 818. The first-order chi connectivity index (χ1) is 11.6. The molecule has 2 aliphatic rings. The Hall–Kier alpha value is -1.02. The second kappa shape index (κ2) is 6.71. The topological polar surface area (TPSA) is 46.6 Å². The van der Waals surface area contributed by atoms with Crippen LogP contribution >= 0.6 is 23.1 Å². The number of hydrogen-bond donors (Lipinski definition) is 0. The predicted molar refractivity (Wildman–Crippen MR) is 98.5 cm³/mol.